The van der Waals surface area contributed by atoms with Gasteiger partial charge in [0.25, 0.3) is 0 Å². The number of hydrogen-bond donors (Lipinski definition) is 2. The fourth-order valence-corrected chi connectivity index (χ4v) is 0.943. The molecule has 0 fully saturated rings. The zero-order chi connectivity index (χ0) is 8.10. The lowest BCUT2D eigenvalue weighted by Crippen LogP contribution is -2.01. The molecule has 0 radical (unpaired) electrons. The smallest absolute Gasteiger partial charge is 0.0930 e. The first kappa shape index (κ1) is 8.20. The summed E-state index contributed by atoms with van der Waals surface area (Å²) in [7, 11) is 0. The summed E-state index contributed by atoms with van der Waals surface area (Å²) in [5, 5.41) is 0. The molecule has 60 valence electrons. The minimum atomic E-state index is 0.438. The van der Waals surface area contributed by atoms with Crippen molar-refractivity contribution in [1.82, 2.24) is 0 Å². The lowest BCUT2D eigenvalue weighted by atomic mass is 10.1. The molecule has 1 aromatic rings. The van der Waals surface area contributed by atoms with Crippen LogP contribution in [0.4, 0.5) is 0 Å². The first-order valence-electron chi connectivity index (χ1n) is 3.46. The van der Waals surface area contributed by atoms with E-state index < -0.39 is 0 Å². The normalized spacial score (nSPS) is 10.0. The van der Waals surface area contributed by atoms with Gasteiger partial charge in [0.2, 0.25) is 0 Å². The van der Waals surface area contributed by atoms with Gasteiger partial charge in [0.05, 0.1) is 6.61 Å². The quantitative estimate of drug-likeness (QED) is 0.621. The van der Waals surface area contributed by atoms with Crippen LogP contribution in [-0.4, -0.2) is 0 Å². The molecule has 0 bridgehead atoms. The fourth-order valence-electron chi connectivity index (χ4n) is 0.943. The molecule has 1 rings (SSSR count). The van der Waals surface area contributed by atoms with Crippen LogP contribution in [0.5, 0.6) is 0 Å². The largest absolute Gasteiger partial charge is 0.326 e. The Morgan fingerprint density at radius 3 is 2.64 bits per heavy atom. The van der Waals surface area contributed by atoms with E-state index in [1.165, 1.54) is 0 Å². The monoisotopic (exact) mass is 152 g/mol. The van der Waals surface area contributed by atoms with Gasteiger partial charge in [-0.1, -0.05) is 24.3 Å². The predicted molar refractivity (Wildman–Crippen MR) is 43.3 cm³/mol. The standard InChI is InChI=1S/C8H12N2O/c9-5-7-2-1-3-8(4-7)6-11-10/h1-4H,5-6,9-10H2. The van der Waals surface area contributed by atoms with Gasteiger partial charge >= 0.3 is 0 Å². The molecule has 0 aliphatic carbocycles. The molecule has 0 spiro atoms. The van der Waals surface area contributed by atoms with Gasteiger partial charge in [-0.25, -0.2) is 5.90 Å². The fraction of sp³-hybridized carbons (Fsp3) is 0.250. The van der Waals surface area contributed by atoms with Crippen molar-refractivity contribution < 1.29 is 4.84 Å². The van der Waals surface area contributed by atoms with E-state index in [2.05, 4.69) is 4.84 Å². The van der Waals surface area contributed by atoms with Gasteiger partial charge < -0.3 is 5.73 Å². The molecule has 3 nitrogen and oxygen atoms in total. The van der Waals surface area contributed by atoms with Gasteiger partial charge in [-0.05, 0) is 11.1 Å². The van der Waals surface area contributed by atoms with E-state index in [-0.39, 0.29) is 0 Å². The van der Waals surface area contributed by atoms with E-state index in [9.17, 15) is 0 Å². The Hall–Kier alpha value is -0.900. The van der Waals surface area contributed by atoms with Crippen molar-refractivity contribution in [2.45, 2.75) is 13.2 Å². The summed E-state index contributed by atoms with van der Waals surface area (Å²) in [5.41, 5.74) is 7.59. The van der Waals surface area contributed by atoms with Crippen LogP contribution in [0.25, 0.3) is 0 Å². The molecule has 0 unspecified atom stereocenters. The molecule has 0 aliphatic rings. The Bertz CT molecular complexity index is 225. The van der Waals surface area contributed by atoms with Crippen molar-refractivity contribution in [2.75, 3.05) is 0 Å². The Labute approximate surface area is 65.9 Å². The maximum absolute atomic E-state index is 5.44. The van der Waals surface area contributed by atoms with Crippen LogP contribution >= 0.6 is 0 Å². The van der Waals surface area contributed by atoms with Crippen LogP contribution < -0.4 is 11.6 Å². The zero-order valence-electron chi connectivity index (χ0n) is 6.29. The molecule has 0 aromatic heterocycles. The second kappa shape index (κ2) is 4.08. The Kier molecular flexibility index (Phi) is 3.04. The zero-order valence-corrected chi connectivity index (χ0v) is 6.29. The van der Waals surface area contributed by atoms with E-state index in [0.717, 1.165) is 11.1 Å². The van der Waals surface area contributed by atoms with Crippen LogP contribution in [0, 0.1) is 0 Å². The van der Waals surface area contributed by atoms with E-state index in [0.29, 0.717) is 13.2 Å². The number of hydrogen-bond acceptors (Lipinski definition) is 3. The maximum Gasteiger partial charge on any atom is 0.0930 e. The molecule has 11 heavy (non-hydrogen) atoms. The highest BCUT2D eigenvalue weighted by molar-refractivity contribution is 5.22. The summed E-state index contributed by atoms with van der Waals surface area (Å²) in [6, 6.07) is 7.84. The van der Waals surface area contributed by atoms with Crippen molar-refractivity contribution in [1.29, 1.82) is 0 Å². The van der Waals surface area contributed by atoms with Crippen LogP contribution in [-0.2, 0) is 18.0 Å². The average Bonchev–Trinajstić information content (AvgIpc) is 2.06. The third-order valence-electron chi connectivity index (χ3n) is 1.48. The molecule has 0 amide bonds. The third-order valence-corrected chi connectivity index (χ3v) is 1.48. The summed E-state index contributed by atoms with van der Waals surface area (Å²) < 4.78 is 0. The van der Waals surface area contributed by atoms with E-state index >= 15 is 0 Å². The molecule has 1 aromatic carbocycles. The molecule has 0 saturated carbocycles. The summed E-state index contributed by atoms with van der Waals surface area (Å²) >= 11 is 0. The lowest BCUT2D eigenvalue weighted by molar-refractivity contribution is 0.124. The second-order valence-corrected chi connectivity index (χ2v) is 2.34. The van der Waals surface area contributed by atoms with Crippen LogP contribution in [0.15, 0.2) is 24.3 Å². The molecular formula is C8H12N2O. The van der Waals surface area contributed by atoms with Crippen molar-refractivity contribution >= 4 is 0 Å². The van der Waals surface area contributed by atoms with Crippen molar-refractivity contribution in [3.8, 4) is 0 Å². The van der Waals surface area contributed by atoms with Crippen molar-refractivity contribution in [3.63, 3.8) is 0 Å². The van der Waals surface area contributed by atoms with E-state index in [4.69, 9.17) is 11.6 Å². The minimum Gasteiger partial charge on any atom is -0.326 e. The van der Waals surface area contributed by atoms with E-state index in [1.807, 2.05) is 24.3 Å². The van der Waals surface area contributed by atoms with Gasteiger partial charge in [0, 0.05) is 6.54 Å². The highest BCUT2D eigenvalue weighted by Gasteiger charge is 1.92. The molecule has 0 atom stereocenters. The molecule has 0 heterocycles. The highest BCUT2D eigenvalue weighted by atomic mass is 16.6. The average molecular weight is 152 g/mol. The number of rotatable bonds is 3. The van der Waals surface area contributed by atoms with Gasteiger partial charge in [0.15, 0.2) is 0 Å². The van der Waals surface area contributed by atoms with Gasteiger partial charge in [-0.15, -0.1) is 0 Å². The first-order valence-corrected chi connectivity index (χ1v) is 3.46. The molecule has 0 aliphatic heterocycles. The topological polar surface area (TPSA) is 61.3 Å². The Morgan fingerprint density at radius 2 is 2.00 bits per heavy atom. The van der Waals surface area contributed by atoms with Gasteiger partial charge in [-0.3, -0.25) is 4.84 Å². The third kappa shape index (κ3) is 2.31. The summed E-state index contributed by atoms with van der Waals surface area (Å²) in [4.78, 5) is 4.49. The van der Waals surface area contributed by atoms with E-state index in [1.54, 1.807) is 0 Å². The Balaban J connectivity index is 2.74. The summed E-state index contributed by atoms with van der Waals surface area (Å²) in [6.07, 6.45) is 0. The van der Waals surface area contributed by atoms with Crippen LogP contribution in [0.1, 0.15) is 11.1 Å². The maximum atomic E-state index is 5.44. The van der Waals surface area contributed by atoms with Crippen LogP contribution in [0.2, 0.25) is 0 Å². The number of nitrogens with two attached hydrogens (primary N) is 2. The molecule has 3 heteroatoms. The summed E-state index contributed by atoms with van der Waals surface area (Å²) in [5.74, 6) is 4.92. The minimum absolute atomic E-state index is 0.438. The highest BCUT2D eigenvalue weighted by Crippen LogP contribution is 2.04. The second-order valence-electron chi connectivity index (χ2n) is 2.34. The summed E-state index contributed by atoms with van der Waals surface area (Å²) in [6.45, 7) is 0.992. The SMILES string of the molecule is NCc1cccc(CON)c1. The molecular weight excluding hydrogens is 140 g/mol. The number of benzene rings is 1. The lowest BCUT2D eigenvalue weighted by Gasteiger charge is -2.00. The van der Waals surface area contributed by atoms with Crippen molar-refractivity contribution in [2.24, 2.45) is 11.6 Å². The van der Waals surface area contributed by atoms with Gasteiger partial charge in [-0.2, -0.15) is 0 Å². The predicted octanol–water partition coefficient (Wildman–Crippen LogP) is 0.536. The van der Waals surface area contributed by atoms with Crippen LogP contribution in [0.3, 0.4) is 0 Å². The van der Waals surface area contributed by atoms with Crippen molar-refractivity contribution in [3.05, 3.63) is 35.4 Å². The first-order chi connectivity index (χ1) is 5.36. The Morgan fingerprint density at radius 1 is 1.27 bits per heavy atom. The molecule has 0 saturated heterocycles. The molecule has 4 N–H and O–H groups in total. The van der Waals surface area contributed by atoms with Gasteiger partial charge in [0.1, 0.15) is 0 Å².